The van der Waals surface area contributed by atoms with Crippen LogP contribution in [-0.2, 0) is 19.4 Å². The van der Waals surface area contributed by atoms with E-state index in [0.29, 0.717) is 42.6 Å². The van der Waals surface area contributed by atoms with Gasteiger partial charge in [-0.15, -0.1) is 0 Å². The molecular weight excluding hydrogens is 382 g/mol. The van der Waals surface area contributed by atoms with E-state index in [0.717, 1.165) is 49.8 Å². The number of hydrogen-bond donors (Lipinski definition) is 0. The molecule has 0 unspecified atom stereocenters. The zero-order valence-electron chi connectivity index (χ0n) is 17.7. The predicted molar refractivity (Wildman–Crippen MR) is 113 cm³/mol. The highest BCUT2D eigenvalue weighted by Gasteiger charge is 2.27. The maximum absolute atomic E-state index is 13.0. The van der Waals surface area contributed by atoms with Crippen LogP contribution < -0.4 is 15.0 Å². The number of nitrogens with zero attached hydrogens (tertiary/aromatic N) is 3. The minimum absolute atomic E-state index is 0.00438. The average Bonchev–Trinajstić information content (AvgIpc) is 2.79. The van der Waals surface area contributed by atoms with Gasteiger partial charge in [0.05, 0.1) is 25.5 Å². The van der Waals surface area contributed by atoms with Gasteiger partial charge in [-0.1, -0.05) is 0 Å². The summed E-state index contributed by atoms with van der Waals surface area (Å²) in [6, 6.07) is 7.04. The molecule has 1 saturated heterocycles. The second-order valence-corrected chi connectivity index (χ2v) is 8.15. The Hall–Kier alpha value is -2.83. The van der Waals surface area contributed by atoms with Gasteiger partial charge in [-0.05, 0) is 68.2 Å². The normalized spacial score (nSPS) is 16.8. The number of amides is 1. The first kappa shape index (κ1) is 20.4. The molecule has 2 aromatic rings. The van der Waals surface area contributed by atoms with E-state index in [4.69, 9.17) is 9.47 Å². The van der Waals surface area contributed by atoms with Crippen molar-refractivity contribution in [1.29, 1.82) is 0 Å². The molecule has 1 aromatic heterocycles. The van der Waals surface area contributed by atoms with Crippen molar-refractivity contribution in [3.63, 3.8) is 0 Å². The summed E-state index contributed by atoms with van der Waals surface area (Å²) < 4.78 is 12.3. The number of hydrogen-bond acceptors (Lipinski definition) is 5. The molecule has 0 atom stereocenters. The van der Waals surface area contributed by atoms with Crippen LogP contribution in [0.4, 0.5) is 0 Å². The first-order valence-electron chi connectivity index (χ1n) is 10.7. The van der Waals surface area contributed by atoms with Crippen LogP contribution in [0.1, 0.15) is 47.3 Å². The predicted octanol–water partition coefficient (Wildman–Crippen LogP) is 2.69. The third-order valence-electron chi connectivity index (χ3n) is 6.24. The molecule has 0 saturated carbocycles. The Bertz CT molecular complexity index is 977. The lowest BCUT2D eigenvalue weighted by molar-refractivity contribution is 0.0676. The van der Waals surface area contributed by atoms with Gasteiger partial charge in [0.2, 0.25) is 0 Å². The Labute approximate surface area is 176 Å². The Kier molecular flexibility index (Phi) is 6.06. The summed E-state index contributed by atoms with van der Waals surface area (Å²) >= 11 is 0. The summed E-state index contributed by atoms with van der Waals surface area (Å²) in [5.41, 5.74) is 2.71. The third-order valence-corrected chi connectivity index (χ3v) is 6.24. The first-order chi connectivity index (χ1) is 14.6. The van der Waals surface area contributed by atoms with Crippen LogP contribution in [0.25, 0.3) is 0 Å². The third kappa shape index (κ3) is 4.20. The molecule has 0 bridgehead atoms. The summed E-state index contributed by atoms with van der Waals surface area (Å²) in [4.78, 5) is 27.4. The van der Waals surface area contributed by atoms with E-state index in [9.17, 15) is 9.59 Å². The summed E-state index contributed by atoms with van der Waals surface area (Å²) in [6.07, 6.45) is 5.92. The van der Waals surface area contributed by atoms with Gasteiger partial charge in [-0.3, -0.25) is 9.59 Å². The molecule has 1 aliphatic heterocycles. The number of benzene rings is 1. The molecule has 7 heteroatoms. The van der Waals surface area contributed by atoms with Gasteiger partial charge >= 0.3 is 0 Å². The van der Waals surface area contributed by atoms with Gasteiger partial charge in [0, 0.05) is 25.7 Å². The molecule has 4 rings (SSSR count). The van der Waals surface area contributed by atoms with Gasteiger partial charge in [-0.25, -0.2) is 4.68 Å². The summed E-state index contributed by atoms with van der Waals surface area (Å²) in [5, 5.41) is 4.64. The first-order valence-corrected chi connectivity index (χ1v) is 10.7. The van der Waals surface area contributed by atoms with Crippen molar-refractivity contribution in [2.75, 3.05) is 27.3 Å². The van der Waals surface area contributed by atoms with Crippen molar-refractivity contribution >= 4 is 5.91 Å². The van der Waals surface area contributed by atoms with Crippen LogP contribution in [0.15, 0.2) is 29.1 Å². The number of rotatable bonds is 5. The molecule has 30 heavy (non-hydrogen) atoms. The lowest BCUT2D eigenvalue weighted by Gasteiger charge is -2.32. The number of carbonyl (C=O) groups excluding carboxylic acids is 1. The quantitative estimate of drug-likeness (QED) is 0.756. The Morgan fingerprint density at radius 2 is 1.87 bits per heavy atom. The lowest BCUT2D eigenvalue weighted by atomic mass is 9.95. The zero-order chi connectivity index (χ0) is 21.1. The fourth-order valence-corrected chi connectivity index (χ4v) is 4.45. The number of piperidine rings is 1. The summed E-state index contributed by atoms with van der Waals surface area (Å²) in [5.74, 6) is 1.47. The van der Waals surface area contributed by atoms with Crippen LogP contribution in [0.5, 0.6) is 11.5 Å². The average molecular weight is 412 g/mol. The standard InChI is InChI=1S/C23H29N3O4/c1-29-18-7-8-21(30-2)19(14-18)23(28)25-11-9-16(10-12-25)15-26-22(27)13-17-5-3-4-6-20(17)24-26/h7-8,13-14,16H,3-6,9-12,15H2,1-2H3. The maximum Gasteiger partial charge on any atom is 0.267 e. The SMILES string of the molecule is COc1ccc(OC)c(C(=O)N2CCC(Cn3nc4c(cc3=O)CCCC4)CC2)c1. The topological polar surface area (TPSA) is 73.7 Å². The molecule has 0 spiro atoms. The molecule has 7 nitrogen and oxygen atoms in total. The van der Waals surface area contributed by atoms with Crippen LogP contribution in [0.2, 0.25) is 0 Å². The molecule has 1 amide bonds. The number of aryl methyl sites for hydroxylation is 2. The van der Waals surface area contributed by atoms with Crippen molar-refractivity contribution in [2.24, 2.45) is 5.92 Å². The zero-order valence-corrected chi connectivity index (χ0v) is 17.7. The van der Waals surface area contributed by atoms with Gasteiger partial charge in [0.1, 0.15) is 11.5 Å². The minimum atomic E-state index is -0.0479. The van der Waals surface area contributed by atoms with Crippen molar-refractivity contribution in [1.82, 2.24) is 14.7 Å². The lowest BCUT2D eigenvalue weighted by Crippen LogP contribution is -2.40. The Morgan fingerprint density at radius 3 is 2.60 bits per heavy atom. The molecule has 1 aromatic carbocycles. The highest BCUT2D eigenvalue weighted by molar-refractivity contribution is 5.97. The minimum Gasteiger partial charge on any atom is -0.497 e. The van der Waals surface area contributed by atoms with Crippen LogP contribution in [0, 0.1) is 5.92 Å². The molecule has 2 heterocycles. The van der Waals surface area contributed by atoms with Crippen molar-refractivity contribution < 1.29 is 14.3 Å². The molecule has 0 N–H and O–H groups in total. The van der Waals surface area contributed by atoms with Crippen LogP contribution in [-0.4, -0.2) is 47.9 Å². The summed E-state index contributed by atoms with van der Waals surface area (Å²) in [7, 11) is 3.15. The largest absolute Gasteiger partial charge is 0.497 e. The van der Waals surface area contributed by atoms with E-state index in [2.05, 4.69) is 5.10 Å². The molecule has 0 radical (unpaired) electrons. The second-order valence-electron chi connectivity index (χ2n) is 8.15. The van der Waals surface area contributed by atoms with Gasteiger partial charge in [-0.2, -0.15) is 5.10 Å². The number of likely N-dealkylation sites (tertiary alicyclic amines) is 1. The maximum atomic E-state index is 13.0. The molecule has 2 aliphatic rings. The number of ether oxygens (including phenoxy) is 2. The number of aromatic nitrogens is 2. The van der Waals surface area contributed by atoms with E-state index in [1.54, 1.807) is 43.2 Å². The highest BCUT2D eigenvalue weighted by atomic mass is 16.5. The van der Waals surface area contributed by atoms with Gasteiger partial charge < -0.3 is 14.4 Å². The van der Waals surface area contributed by atoms with Crippen molar-refractivity contribution in [2.45, 2.75) is 45.1 Å². The monoisotopic (exact) mass is 411 g/mol. The number of fused-ring (bicyclic) bond motifs is 1. The second kappa shape index (κ2) is 8.90. The van der Waals surface area contributed by atoms with E-state index in [-0.39, 0.29) is 11.5 Å². The van der Waals surface area contributed by atoms with Crippen molar-refractivity contribution in [3.8, 4) is 11.5 Å². The molecule has 1 fully saturated rings. The van der Waals surface area contributed by atoms with Gasteiger partial charge in [0.15, 0.2) is 0 Å². The van der Waals surface area contributed by atoms with E-state index >= 15 is 0 Å². The number of carbonyl (C=O) groups is 1. The van der Waals surface area contributed by atoms with Crippen LogP contribution in [0.3, 0.4) is 0 Å². The van der Waals surface area contributed by atoms with Crippen molar-refractivity contribution in [3.05, 3.63) is 51.4 Å². The van der Waals surface area contributed by atoms with Gasteiger partial charge in [0.25, 0.3) is 11.5 Å². The fourth-order valence-electron chi connectivity index (χ4n) is 4.45. The Morgan fingerprint density at radius 1 is 1.10 bits per heavy atom. The Balaban J connectivity index is 1.41. The smallest absolute Gasteiger partial charge is 0.267 e. The molecular formula is C23H29N3O4. The molecule has 1 aliphatic carbocycles. The van der Waals surface area contributed by atoms with Crippen LogP contribution >= 0.6 is 0 Å². The van der Waals surface area contributed by atoms with E-state index < -0.39 is 0 Å². The van der Waals surface area contributed by atoms with E-state index in [1.807, 2.05) is 4.90 Å². The summed E-state index contributed by atoms with van der Waals surface area (Å²) in [6.45, 7) is 1.93. The number of methoxy groups -OCH3 is 2. The fraction of sp³-hybridized carbons (Fsp3) is 0.522. The van der Waals surface area contributed by atoms with E-state index in [1.165, 1.54) is 0 Å². The molecule has 160 valence electrons. The highest BCUT2D eigenvalue weighted by Crippen LogP contribution is 2.27.